The number of hydrogen-bond donors (Lipinski definition) is 3. The van der Waals surface area contributed by atoms with Gasteiger partial charge in [0.05, 0.1) is 0 Å². The quantitative estimate of drug-likeness (QED) is 0.225. The van der Waals surface area contributed by atoms with E-state index in [1.807, 2.05) is 0 Å². The number of nitrogens with two attached hydrogens (primary N) is 1. The van der Waals surface area contributed by atoms with Gasteiger partial charge in [0.25, 0.3) is 0 Å². The number of amidine groups is 1. The van der Waals surface area contributed by atoms with Gasteiger partial charge in [0.2, 0.25) is 0 Å². The molecule has 1 rings (SSSR count). The van der Waals surface area contributed by atoms with Crippen molar-refractivity contribution in [3.8, 4) is 0 Å². The monoisotopic (exact) mass is 296 g/mol. The number of rotatable bonds is 8. The first-order valence-electron chi connectivity index (χ1n) is 7.16. The van der Waals surface area contributed by atoms with E-state index in [4.69, 9.17) is 10.9 Å². The Morgan fingerprint density at radius 2 is 2.24 bits per heavy atom. The smallest absolute Gasteiger partial charge is 0.170 e. The predicted octanol–water partition coefficient (Wildman–Crippen LogP) is 1.74. The number of hydrogen-bond acceptors (Lipinski definition) is 4. The van der Waals surface area contributed by atoms with Crippen LogP contribution in [0.4, 0.5) is 4.39 Å². The molecule has 4 N–H and O–H groups in total. The Bertz CT molecular complexity index is 479. The number of nitrogens with one attached hydrogen (secondary N) is 1. The Morgan fingerprint density at radius 1 is 1.52 bits per heavy atom. The Labute approximate surface area is 125 Å². The minimum Gasteiger partial charge on any atom is -0.409 e. The van der Waals surface area contributed by atoms with Crippen LogP contribution < -0.4 is 11.1 Å². The van der Waals surface area contributed by atoms with Crippen LogP contribution >= 0.6 is 0 Å². The summed E-state index contributed by atoms with van der Waals surface area (Å²) in [4.78, 5) is 2.27. The van der Waals surface area contributed by atoms with E-state index < -0.39 is 0 Å². The maximum absolute atomic E-state index is 13.9. The SMILES string of the molecule is CCC(C)N(C)CCNCc1ccc(/C(N)=N/O)cc1F. The Kier molecular flexibility index (Phi) is 7.11. The van der Waals surface area contributed by atoms with Gasteiger partial charge in [-0.1, -0.05) is 24.2 Å². The molecular formula is C15H25FN4O. The summed E-state index contributed by atoms with van der Waals surface area (Å²) in [6, 6.07) is 5.11. The lowest BCUT2D eigenvalue weighted by atomic mass is 10.1. The van der Waals surface area contributed by atoms with E-state index >= 15 is 0 Å². The van der Waals surface area contributed by atoms with Crippen LogP contribution in [0.25, 0.3) is 0 Å². The van der Waals surface area contributed by atoms with Crippen molar-refractivity contribution in [3.63, 3.8) is 0 Å². The molecule has 0 heterocycles. The van der Waals surface area contributed by atoms with Gasteiger partial charge in [-0.3, -0.25) is 0 Å². The van der Waals surface area contributed by atoms with Gasteiger partial charge < -0.3 is 21.2 Å². The predicted molar refractivity (Wildman–Crippen MR) is 83.0 cm³/mol. The molecule has 118 valence electrons. The third kappa shape index (κ3) is 5.32. The van der Waals surface area contributed by atoms with Gasteiger partial charge in [0.15, 0.2) is 5.84 Å². The molecule has 0 fully saturated rings. The van der Waals surface area contributed by atoms with Crippen LogP contribution in [0.2, 0.25) is 0 Å². The highest BCUT2D eigenvalue weighted by atomic mass is 19.1. The molecule has 0 bridgehead atoms. The highest BCUT2D eigenvalue weighted by Gasteiger charge is 2.08. The van der Waals surface area contributed by atoms with E-state index in [0.717, 1.165) is 19.5 Å². The summed E-state index contributed by atoms with van der Waals surface area (Å²) in [5, 5.41) is 14.6. The number of halogens is 1. The zero-order valence-electron chi connectivity index (χ0n) is 12.9. The average molecular weight is 296 g/mol. The minimum absolute atomic E-state index is 0.0939. The van der Waals surface area contributed by atoms with Crippen molar-refractivity contribution in [2.75, 3.05) is 20.1 Å². The Balaban J connectivity index is 2.46. The highest BCUT2D eigenvalue weighted by molar-refractivity contribution is 5.97. The van der Waals surface area contributed by atoms with Crippen LogP contribution in [-0.2, 0) is 6.54 Å². The third-order valence-electron chi connectivity index (χ3n) is 3.76. The molecule has 1 atom stereocenters. The summed E-state index contributed by atoms with van der Waals surface area (Å²) < 4.78 is 13.9. The summed E-state index contributed by atoms with van der Waals surface area (Å²) in [7, 11) is 2.09. The van der Waals surface area contributed by atoms with Gasteiger partial charge in [-0.25, -0.2) is 4.39 Å². The van der Waals surface area contributed by atoms with Crippen LogP contribution in [0, 0.1) is 5.82 Å². The standard InChI is InChI=1S/C15H25FN4O/c1-4-11(2)20(3)8-7-18-10-13-6-5-12(9-14(13)16)15(17)19-21/h5-6,9,11,18,21H,4,7-8,10H2,1-3H3,(H2,17,19). The van der Waals surface area contributed by atoms with Gasteiger partial charge in [-0.05, 0) is 26.5 Å². The maximum atomic E-state index is 13.9. The zero-order chi connectivity index (χ0) is 15.8. The highest BCUT2D eigenvalue weighted by Crippen LogP contribution is 2.10. The Hall–Kier alpha value is -1.66. The molecule has 0 radical (unpaired) electrons. The van der Waals surface area contributed by atoms with Crippen LogP contribution in [0.5, 0.6) is 0 Å². The fourth-order valence-electron chi connectivity index (χ4n) is 1.92. The van der Waals surface area contributed by atoms with Crippen LogP contribution in [0.1, 0.15) is 31.4 Å². The Morgan fingerprint density at radius 3 is 2.81 bits per heavy atom. The van der Waals surface area contributed by atoms with Crippen molar-refractivity contribution in [1.82, 2.24) is 10.2 Å². The molecule has 1 aromatic rings. The normalized spacial score (nSPS) is 13.7. The lowest BCUT2D eigenvalue weighted by Crippen LogP contribution is -2.34. The van der Waals surface area contributed by atoms with Crippen molar-refractivity contribution in [1.29, 1.82) is 0 Å². The topological polar surface area (TPSA) is 73.9 Å². The molecule has 1 aromatic carbocycles. The first kappa shape index (κ1) is 17.4. The van der Waals surface area contributed by atoms with E-state index in [9.17, 15) is 4.39 Å². The lowest BCUT2D eigenvalue weighted by molar-refractivity contribution is 0.251. The molecule has 0 aromatic heterocycles. The molecule has 1 unspecified atom stereocenters. The van der Waals surface area contributed by atoms with Gasteiger partial charge in [-0.2, -0.15) is 0 Å². The number of oxime groups is 1. The summed E-state index contributed by atoms with van der Waals surface area (Å²) in [5.41, 5.74) is 6.36. The zero-order valence-corrected chi connectivity index (χ0v) is 12.9. The molecule has 0 amide bonds. The molecule has 0 spiro atoms. The summed E-state index contributed by atoms with van der Waals surface area (Å²) >= 11 is 0. The first-order chi connectivity index (χ1) is 9.99. The molecule has 21 heavy (non-hydrogen) atoms. The summed E-state index contributed by atoms with van der Waals surface area (Å²) in [6.45, 7) is 6.51. The van der Waals surface area contributed by atoms with Gasteiger partial charge in [-0.15, -0.1) is 0 Å². The van der Waals surface area contributed by atoms with Gasteiger partial charge in [0, 0.05) is 36.8 Å². The molecular weight excluding hydrogens is 271 g/mol. The number of likely N-dealkylation sites (N-methyl/N-ethyl adjacent to an activating group) is 1. The fourth-order valence-corrected chi connectivity index (χ4v) is 1.92. The molecule has 0 saturated heterocycles. The first-order valence-corrected chi connectivity index (χ1v) is 7.16. The molecule has 5 nitrogen and oxygen atoms in total. The maximum Gasteiger partial charge on any atom is 0.170 e. The van der Waals surface area contributed by atoms with Crippen LogP contribution in [0.15, 0.2) is 23.4 Å². The van der Waals surface area contributed by atoms with E-state index in [2.05, 4.69) is 36.3 Å². The summed E-state index contributed by atoms with van der Waals surface area (Å²) in [6.07, 6.45) is 1.11. The molecule has 6 heteroatoms. The van der Waals surface area contributed by atoms with Crippen LogP contribution in [-0.4, -0.2) is 42.1 Å². The average Bonchev–Trinajstić information content (AvgIpc) is 2.50. The second kappa shape index (κ2) is 8.59. The van der Waals surface area contributed by atoms with Crippen molar-refractivity contribution in [2.45, 2.75) is 32.9 Å². The second-order valence-corrected chi connectivity index (χ2v) is 5.21. The van der Waals surface area contributed by atoms with Crippen LogP contribution in [0.3, 0.4) is 0 Å². The van der Waals surface area contributed by atoms with Gasteiger partial charge >= 0.3 is 0 Å². The minimum atomic E-state index is -0.359. The van der Waals surface area contributed by atoms with Crippen molar-refractivity contribution in [2.24, 2.45) is 10.9 Å². The molecule has 0 saturated carbocycles. The van der Waals surface area contributed by atoms with Crippen molar-refractivity contribution >= 4 is 5.84 Å². The van der Waals surface area contributed by atoms with E-state index in [-0.39, 0.29) is 11.7 Å². The van der Waals surface area contributed by atoms with E-state index in [0.29, 0.717) is 23.7 Å². The molecule has 0 aliphatic rings. The molecule has 0 aliphatic heterocycles. The van der Waals surface area contributed by atoms with E-state index in [1.54, 1.807) is 12.1 Å². The van der Waals surface area contributed by atoms with E-state index in [1.165, 1.54) is 6.07 Å². The van der Waals surface area contributed by atoms with Crippen molar-refractivity contribution < 1.29 is 9.60 Å². The third-order valence-corrected chi connectivity index (χ3v) is 3.76. The van der Waals surface area contributed by atoms with Gasteiger partial charge in [0.1, 0.15) is 5.82 Å². The number of nitrogens with zero attached hydrogens (tertiary/aromatic N) is 2. The lowest BCUT2D eigenvalue weighted by Gasteiger charge is -2.23. The largest absolute Gasteiger partial charge is 0.409 e. The second-order valence-electron chi connectivity index (χ2n) is 5.21. The number of benzene rings is 1. The summed E-state index contributed by atoms with van der Waals surface area (Å²) in [5.74, 6) is -0.453. The van der Waals surface area contributed by atoms with Crippen molar-refractivity contribution in [3.05, 3.63) is 35.1 Å². The fraction of sp³-hybridized carbons (Fsp3) is 0.533. The molecule has 0 aliphatic carbocycles.